The third-order valence-electron chi connectivity index (χ3n) is 5.95. The summed E-state index contributed by atoms with van der Waals surface area (Å²) in [7, 11) is 0. The van der Waals surface area contributed by atoms with E-state index in [0.29, 0.717) is 59.5 Å². The van der Waals surface area contributed by atoms with Crippen LogP contribution in [0.5, 0.6) is 0 Å². The number of hydrogen-bond donors (Lipinski definition) is 0. The first-order chi connectivity index (χ1) is 17.3. The Kier molecular flexibility index (Phi) is 31.6. The molecule has 0 radical (unpaired) electrons. The van der Waals surface area contributed by atoms with Crippen LogP contribution in [0.15, 0.2) is 0 Å². The maximum Gasteiger partial charge on any atom is 0.0704 e. The molecular formula is C29H60O6. The van der Waals surface area contributed by atoms with Crippen LogP contribution < -0.4 is 0 Å². The van der Waals surface area contributed by atoms with Crippen molar-refractivity contribution in [3.63, 3.8) is 0 Å². The lowest BCUT2D eigenvalue weighted by Gasteiger charge is -2.13. The topological polar surface area (TPSA) is 55.4 Å². The predicted octanol–water partition coefficient (Wildman–Crippen LogP) is 6.98. The van der Waals surface area contributed by atoms with Crippen molar-refractivity contribution in [3.8, 4) is 0 Å². The molecule has 0 aliphatic rings. The zero-order valence-electron chi connectivity index (χ0n) is 23.7. The molecule has 6 nitrogen and oxygen atoms in total. The lowest BCUT2D eigenvalue weighted by atomic mass is 10.1. The second-order valence-corrected chi connectivity index (χ2v) is 9.42. The molecule has 0 N–H and O–H groups in total. The van der Waals surface area contributed by atoms with Gasteiger partial charge in [0.15, 0.2) is 0 Å². The highest BCUT2D eigenvalue weighted by molar-refractivity contribution is 4.50. The van der Waals surface area contributed by atoms with E-state index >= 15 is 0 Å². The number of ether oxygens (including phenoxy) is 6. The summed E-state index contributed by atoms with van der Waals surface area (Å²) in [6, 6.07) is 0. The first-order valence-electron chi connectivity index (χ1n) is 14.8. The van der Waals surface area contributed by atoms with Gasteiger partial charge in [0.1, 0.15) is 0 Å². The van der Waals surface area contributed by atoms with Crippen molar-refractivity contribution in [1.82, 2.24) is 0 Å². The van der Waals surface area contributed by atoms with Gasteiger partial charge in [-0.1, -0.05) is 84.5 Å². The van der Waals surface area contributed by atoms with Crippen LogP contribution in [0.3, 0.4) is 0 Å². The van der Waals surface area contributed by atoms with E-state index in [2.05, 4.69) is 20.8 Å². The Morgan fingerprint density at radius 3 is 1.17 bits per heavy atom. The molecule has 6 heteroatoms. The van der Waals surface area contributed by atoms with Crippen molar-refractivity contribution >= 4 is 0 Å². The summed E-state index contributed by atoms with van der Waals surface area (Å²) < 4.78 is 33.8. The van der Waals surface area contributed by atoms with Crippen LogP contribution in [0.2, 0.25) is 0 Å². The van der Waals surface area contributed by atoms with E-state index in [0.717, 1.165) is 32.5 Å². The smallest absolute Gasteiger partial charge is 0.0704 e. The molecule has 0 fully saturated rings. The predicted molar refractivity (Wildman–Crippen MR) is 145 cm³/mol. The Morgan fingerprint density at radius 2 is 0.714 bits per heavy atom. The molecule has 0 aliphatic carbocycles. The van der Waals surface area contributed by atoms with Crippen molar-refractivity contribution in [2.75, 3.05) is 72.7 Å². The van der Waals surface area contributed by atoms with E-state index in [-0.39, 0.29) is 6.10 Å². The van der Waals surface area contributed by atoms with E-state index in [1.807, 2.05) is 0 Å². The van der Waals surface area contributed by atoms with Crippen LogP contribution in [0.4, 0.5) is 0 Å². The molecule has 0 rings (SSSR count). The van der Waals surface area contributed by atoms with Gasteiger partial charge in [0.25, 0.3) is 0 Å². The van der Waals surface area contributed by atoms with Crippen molar-refractivity contribution in [3.05, 3.63) is 0 Å². The second-order valence-electron chi connectivity index (χ2n) is 9.42. The summed E-state index contributed by atoms with van der Waals surface area (Å²) >= 11 is 0. The SMILES string of the molecule is CCCCCCCCCOCCOCCOCCC(C)OCCOCCOCCCCCCCC. The van der Waals surface area contributed by atoms with Gasteiger partial charge < -0.3 is 28.4 Å². The fraction of sp³-hybridized carbons (Fsp3) is 1.00. The van der Waals surface area contributed by atoms with E-state index in [9.17, 15) is 0 Å². The van der Waals surface area contributed by atoms with Crippen molar-refractivity contribution in [2.24, 2.45) is 0 Å². The van der Waals surface area contributed by atoms with Crippen LogP contribution in [0, 0.1) is 0 Å². The molecule has 0 heterocycles. The van der Waals surface area contributed by atoms with Gasteiger partial charge in [-0.05, 0) is 26.2 Å². The van der Waals surface area contributed by atoms with Gasteiger partial charge in [0.2, 0.25) is 0 Å². The average Bonchev–Trinajstić information content (AvgIpc) is 2.86. The Bertz CT molecular complexity index is 369. The number of hydrogen-bond acceptors (Lipinski definition) is 6. The lowest BCUT2D eigenvalue weighted by molar-refractivity contribution is -0.0225. The highest BCUT2D eigenvalue weighted by Crippen LogP contribution is 2.07. The molecule has 0 aromatic heterocycles. The van der Waals surface area contributed by atoms with Gasteiger partial charge >= 0.3 is 0 Å². The van der Waals surface area contributed by atoms with Gasteiger partial charge in [0, 0.05) is 19.8 Å². The lowest BCUT2D eigenvalue weighted by Crippen LogP contribution is -2.17. The van der Waals surface area contributed by atoms with Crippen LogP contribution in [0.1, 0.15) is 111 Å². The molecule has 0 aromatic rings. The van der Waals surface area contributed by atoms with Crippen molar-refractivity contribution in [1.29, 1.82) is 0 Å². The summed E-state index contributed by atoms with van der Waals surface area (Å²) in [6.07, 6.45) is 18.0. The Hall–Kier alpha value is -0.240. The summed E-state index contributed by atoms with van der Waals surface area (Å²) in [5, 5.41) is 0. The van der Waals surface area contributed by atoms with Gasteiger partial charge in [0.05, 0.1) is 59.0 Å². The van der Waals surface area contributed by atoms with E-state index in [4.69, 9.17) is 28.4 Å². The minimum absolute atomic E-state index is 0.170. The zero-order valence-corrected chi connectivity index (χ0v) is 23.7. The minimum atomic E-state index is 0.170. The van der Waals surface area contributed by atoms with Crippen molar-refractivity contribution in [2.45, 2.75) is 117 Å². The molecule has 1 unspecified atom stereocenters. The maximum atomic E-state index is 5.76. The average molecular weight is 505 g/mol. The Morgan fingerprint density at radius 1 is 0.371 bits per heavy atom. The van der Waals surface area contributed by atoms with Gasteiger partial charge in [-0.15, -0.1) is 0 Å². The summed E-state index contributed by atoms with van der Waals surface area (Å²) in [5.74, 6) is 0. The van der Waals surface area contributed by atoms with Crippen LogP contribution in [0.25, 0.3) is 0 Å². The molecule has 1 atom stereocenters. The summed E-state index contributed by atoms with van der Waals surface area (Å²) in [4.78, 5) is 0. The number of unbranched alkanes of at least 4 members (excludes halogenated alkanes) is 11. The molecule has 0 aliphatic heterocycles. The molecular weight excluding hydrogens is 444 g/mol. The van der Waals surface area contributed by atoms with E-state index in [1.165, 1.54) is 70.6 Å². The third-order valence-corrected chi connectivity index (χ3v) is 5.95. The molecule has 0 spiro atoms. The Balaban J connectivity index is 3.13. The molecule has 35 heavy (non-hydrogen) atoms. The fourth-order valence-corrected chi connectivity index (χ4v) is 3.65. The fourth-order valence-electron chi connectivity index (χ4n) is 3.65. The van der Waals surface area contributed by atoms with Gasteiger partial charge in [-0.2, -0.15) is 0 Å². The van der Waals surface area contributed by atoms with E-state index < -0.39 is 0 Å². The molecule has 0 amide bonds. The highest BCUT2D eigenvalue weighted by atomic mass is 16.6. The normalized spacial score (nSPS) is 12.4. The van der Waals surface area contributed by atoms with Gasteiger partial charge in [-0.25, -0.2) is 0 Å². The van der Waals surface area contributed by atoms with Crippen molar-refractivity contribution < 1.29 is 28.4 Å². The van der Waals surface area contributed by atoms with Gasteiger partial charge in [-0.3, -0.25) is 0 Å². The summed E-state index contributed by atoms with van der Waals surface area (Å²) in [5.41, 5.74) is 0. The zero-order chi connectivity index (χ0) is 25.5. The monoisotopic (exact) mass is 504 g/mol. The molecule has 0 bridgehead atoms. The number of rotatable bonds is 31. The molecule has 0 saturated heterocycles. The van der Waals surface area contributed by atoms with E-state index in [1.54, 1.807) is 0 Å². The van der Waals surface area contributed by atoms with Crippen LogP contribution in [-0.2, 0) is 28.4 Å². The largest absolute Gasteiger partial charge is 0.379 e. The first kappa shape index (κ1) is 34.8. The molecule has 0 saturated carbocycles. The highest BCUT2D eigenvalue weighted by Gasteiger charge is 2.02. The quantitative estimate of drug-likeness (QED) is 0.0950. The second kappa shape index (κ2) is 31.8. The molecule has 212 valence electrons. The molecule has 0 aromatic carbocycles. The summed E-state index contributed by atoms with van der Waals surface area (Å²) in [6.45, 7) is 14.1. The van der Waals surface area contributed by atoms with Crippen LogP contribution in [-0.4, -0.2) is 78.8 Å². The Labute approximate surface area is 218 Å². The standard InChI is InChI=1S/C29H60O6/c1-4-6-8-10-12-14-16-19-30-21-24-33-26-23-32-20-17-29(3)35-28-27-34-25-22-31-18-15-13-11-9-7-5-2/h29H,4-28H2,1-3H3. The third kappa shape index (κ3) is 31.7. The first-order valence-corrected chi connectivity index (χ1v) is 14.8. The maximum absolute atomic E-state index is 5.76. The van der Waals surface area contributed by atoms with Crippen LogP contribution >= 0.6 is 0 Å². The minimum Gasteiger partial charge on any atom is -0.379 e.